The fourth-order valence-electron chi connectivity index (χ4n) is 2.24. The molecule has 1 rings (SSSR count). The standard InChI is InChI=1S/C12H22N2O/c1-3-9-14(10-4-2)11(15)12(13)7-5-6-8-12/h3H,1,4-10,13H2,2H3. The van der Waals surface area contributed by atoms with Crippen molar-refractivity contribution in [1.82, 2.24) is 4.90 Å². The Morgan fingerprint density at radius 2 is 2.13 bits per heavy atom. The number of carbonyl (C=O) groups excluding carboxylic acids is 1. The van der Waals surface area contributed by atoms with Gasteiger partial charge in [0.15, 0.2) is 0 Å². The summed E-state index contributed by atoms with van der Waals surface area (Å²) in [6.45, 7) is 7.15. The summed E-state index contributed by atoms with van der Waals surface area (Å²) in [4.78, 5) is 14.0. The first-order chi connectivity index (χ1) is 7.14. The van der Waals surface area contributed by atoms with Crippen LogP contribution in [0, 0.1) is 0 Å². The van der Waals surface area contributed by atoms with Crippen LogP contribution < -0.4 is 5.73 Å². The van der Waals surface area contributed by atoms with Crippen LogP contribution in [0.25, 0.3) is 0 Å². The summed E-state index contributed by atoms with van der Waals surface area (Å²) < 4.78 is 0. The largest absolute Gasteiger partial charge is 0.337 e. The van der Waals surface area contributed by atoms with E-state index in [0.717, 1.165) is 38.6 Å². The first kappa shape index (κ1) is 12.2. The van der Waals surface area contributed by atoms with Crippen molar-refractivity contribution in [3.05, 3.63) is 12.7 Å². The van der Waals surface area contributed by atoms with Gasteiger partial charge in [-0.2, -0.15) is 0 Å². The van der Waals surface area contributed by atoms with Crippen LogP contribution in [0.15, 0.2) is 12.7 Å². The molecule has 0 atom stereocenters. The fraction of sp³-hybridized carbons (Fsp3) is 0.750. The molecule has 0 heterocycles. The van der Waals surface area contributed by atoms with E-state index in [1.165, 1.54) is 0 Å². The molecule has 86 valence electrons. The molecule has 0 aromatic rings. The summed E-state index contributed by atoms with van der Waals surface area (Å²) in [5.74, 6) is 0.113. The van der Waals surface area contributed by atoms with Gasteiger partial charge < -0.3 is 10.6 Å². The lowest BCUT2D eigenvalue weighted by Crippen LogP contribution is -2.53. The summed E-state index contributed by atoms with van der Waals surface area (Å²) in [7, 11) is 0. The molecule has 0 spiro atoms. The third-order valence-electron chi connectivity index (χ3n) is 3.05. The molecule has 1 aliphatic rings. The van der Waals surface area contributed by atoms with Gasteiger partial charge in [0.05, 0.1) is 5.54 Å². The van der Waals surface area contributed by atoms with Crippen LogP contribution in [-0.4, -0.2) is 29.4 Å². The van der Waals surface area contributed by atoms with Crippen molar-refractivity contribution in [2.75, 3.05) is 13.1 Å². The van der Waals surface area contributed by atoms with E-state index in [1.54, 1.807) is 6.08 Å². The number of carbonyl (C=O) groups is 1. The molecule has 0 aromatic heterocycles. The Hall–Kier alpha value is -0.830. The topological polar surface area (TPSA) is 46.3 Å². The quantitative estimate of drug-likeness (QED) is 0.702. The highest BCUT2D eigenvalue weighted by Crippen LogP contribution is 2.29. The van der Waals surface area contributed by atoms with Gasteiger partial charge in [0.25, 0.3) is 0 Å². The highest BCUT2D eigenvalue weighted by atomic mass is 16.2. The predicted octanol–water partition coefficient (Wildman–Crippen LogP) is 1.68. The monoisotopic (exact) mass is 210 g/mol. The molecule has 0 aromatic carbocycles. The second-order valence-corrected chi connectivity index (χ2v) is 4.40. The van der Waals surface area contributed by atoms with E-state index in [2.05, 4.69) is 13.5 Å². The minimum Gasteiger partial charge on any atom is -0.337 e. The minimum atomic E-state index is -0.585. The zero-order valence-electron chi connectivity index (χ0n) is 9.67. The van der Waals surface area contributed by atoms with E-state index in [1.807, 2.05) is 4.90 Å². The maximum absolute atomic E-state index is 12.2. The van der Waals surface area contributed by atoms with Gasteiger partial charge in [-0.25, -0.2) is 0 Å². The van der Waals surface area contributed by atoms with Crippen molar-refractivity contribution in [3.8, 4) is 0 Å². The Labute approximate surface area is 92.3 Å². The molecule has 1 saturated carbocycles. The van der Waals surface area contributed by atoms with Gasteiger partial charge in [0, 0.05) is 13.1 Å². The van der Waals surface area contributed by atoms with Gasteiger partial charge in [0.1, 0.15) is 0 Å². The Balaban J connectivity index is 2.65. The molecule has 1 amide bonds. The zero-order valence-corrected chi connectivity index (χ0v) is 9.67. The maximum atomic E-state index is 12.2. The first-order valence-corrected chi connectivity index (χ1v) is 5.83. The van der Waals surface area contributed by atoms with Crippen LogP contribution in [0.1, 0.15) is 39.0 Å². The Kier molecular flexibility index (Phi) is 4.33. The van der Waals surface area contributed by atoms with Crippen molar-refractivity contribution in [1.29, 1.82) is 0 Å². The SMILES string of the molecule is C=CCN(CCC)C(=O)C1(N)CCCC1. The van der Waals surface area contributed by atoms with Gasteiger partial charge in [-0.1, -0.05) is 25.8 Å². The fourth-order valence-corrected chi connectivity index (χ4v) is 2.24. The molecule has 2 N–H and O–H groups in total. The average Bonchev–Trinajstić information content (AvgIpc) is 2.65. The molecule has 0 saturated heterocycles. The number of amides is 1. The molecule has 0 unspecified atom stereocenters. The lowest BCUT2D eigenvalue weighted by molar-refractivity contribution is -0.136. The maximum Gasteiger partial charge on any atom is 0.242 e. The number of nitrogens with two attached hydrogens (primary N) is 1. The Morgan fingerprint density at radius 3 is 2.60 bits per heavy atom. The van der Waals surface area contributed by atoms with Crippen molar-refractivity contribution >= 4 is 5.91 Å². The summed E-state index contributed by atoms with van der Waals surface area (Å²) >= 11 is 0. The van der Waals surface area contributed by atoms with E-state index in [0.29, 0.717) is 6.54 Å². The molecule has 1 aliphatic carbocycles. The second-order valence-electron chi connectivity index (χ2n) is 4.40. The second kappa shape index (κ2) is 5.31. The molecule has 1 fully saturated rings. The number of hydrogen-bond donors (Lipinski definition) is 1. The number of hydrogen-bond acceptors (Lipinski definition) is 2. The number of nitrogens with zero attached hydrogens (tertiary/aromatic N) is 1. The Morgan fingerprint density at radius 1 is 1.53 bits per heavy atom. The van der Waals surface area contributed by atoms with Crippen LogP contribution in [-0.2, 0) is 4.79 Å². The summed E-state index contributed by atoms with van der Waals surface area (Å²) in [5, 5.41) is 0. The number of rotatable bonds is 5. The lowest BCUT2D eigenvalue weighted by Gasteiger charge is -2.30. The van der Waals surface area contributed by atoms with Crippen LogP contribution >= 0.6 is 0 Å². The lowest BCUT2D eigenvalue weighted by atomic mass is 9.97. The van der Waals surface area contributed by atoms with Crippen LogP contribution in [0.3, 0.4) is 0 Å². The molecule has 3 heteroatoms. The summed E-state index contributed by atoms with van der Waals surface area (Å²) in [5.41, 5.74) is 5.55. The van der Waals surface area contributed by atoms with Crippen molar-refractivity contribution in [3.63, 3.8) is 0 Å². The van der Waals surface area contributed by atoms with Crippen molar-refractivity contribution in [2.45, 2.75) is 44.6 Å². The van der Waals surface area contributed by atoms with Gasteiger partial charge >= 0.3 is 0 Å². The van der Waals surface area contributed by atoms with E-state index in [-0.39, 0.29) is 5.91 Å². The van der Waals surface area contributed by atoms with Crippen molar-refractivity contribution < 1.29 is 4.79 Å². The average molecular weight is 210 g/mol. The first-order valence-electron chi connectivity index (χ1n) is 5.83. The summed E-state index contributed by atoms with van der Waals surface area (Å²) in [6, 6.07) is 0. The van der Waals surface area contributed by atoms with E-state index in [9.17, 15) is 4.79 Å². The molecule has 0 radical (unpaired) electrons. The predicted molar refractivity (Wildman–Crippen MR) is 62.5 cm³/mol. The highest BCUT2D eigenvalue weighted by Gasteiger charge is 2.39. The van der Waals surface area contributed by atoms with Gasteiger partial charge in [-0.15, -0.1) is 6.58 Å². The van der Waals surface area contributed by atoms with Crippen LogP contribution in [0.2, 0.25) is 0 Å². The van der Waals surface area contributed by atoms with Crippen LogP contribution in [0.5, 0.6) is 0 Å². The molecule has 3 nitrogen and oxygen atoms in total. The molecule has 0 bridgehead atoms. The third kappa shape index (κ3) is 2.81. The molecule has 15 heavy (non-hydrogen) atoms. The Bertz CT molecular complexity index is 232. The van der Waals surface area contributed by atoms with Gasteiger partial charge in [0.2, 0.25) is 5.91 Å². The highest BCUT2D eigenvalue weighted by molar-refractivity contribution is 5.86. The molecule has 0 aliphatic heterocycles. The normalized spacial score (nSPS) is 18.8. The van der Waals surface area contributed by atoms with Crippen LogP contribution in [0.4, 0.5) is 0 Å². The smallest absolute Gasteiger partial charge is 0.242 e. The van der Waals surface area contributed by atoms with Gasteiger partial charge in [-0.05, 0) is 19.3 Å². The zero-order chi connectivity index (χ0) is 11.3. The van der Waals surface area contributed by atoms with E-state index >= 15 is 0 Å². The summed E-state index contributed by atoms with van der Waals surface area (Å²) in [6.07, 6.45) is 6.57. The third-order valence-corrected chi connectivity index (χ3v) is 3.05. The van der Waals surface area contributed by atoms with E-state index < -0.39 is 5.54 Å². The van der Waals surface area contributed by atoms with E-state index in [4.69, 9.17) is 5.73 Å². The van der Waals surface area contributed by atoms with Gasteiger partial charge in [-0.3, -0.25) is 4.79 Å². The minimum absolute atomic E-state index is 0.113. The molecular formula is C12H22N2O. The molecular weight excluding hydrogens is 188 g/mol. The van der Waals surface area contributed by atoms with Crippen molar-refractivity contribution in [2.24, 2.45) is 5.73 Å².